The fourth-order valence-corrected chi connectivity index (χ4v) is 0.178. The number of hydrogen-bond acceptors (Lipinski definition) is 2. The Hall–Kier alpha value is 0.0700. The van der Waals surface area contributed by atoms with Gasteiger partial charge in [-0.15, -0.1) is 0 Å². The van der Waals surface area contributed by atoms with Crippen LogP contribution in [0.2, 0.25) is 0 Å². The van der Waals surface area contributed by atoms with Gasteiger partial charge in [-0.2, -0.15) is 0 Å². The minimum absolute atomic E-state index is 0.202. The molecule has 0 saturated heterocycles. The number of methoxy groups -OCH3 is 1. The van der Waals surface area contributed by atoms with Gasteiger partial charge < -0.3 is 9.47 Å². The van der Waals surface area contributed by atoms with E-state index in [2.05, 4.69) is 9.47 Å². The van der Waals surface area contributed by atoms with E-state index in [0.717, 1.165) is 0 Å². The van der Waals surface area contributed by atoms with Crippen molar-refractivity contribution in [2.45, 2.75) is 0 Å². The van der Waals surface area contributed by atoms with Crippen LogP contribution < -0.4 is 0 Å². The molecule has 52 valence electrons. The molecule has 0 saturated carbocycles. The van der Waals surface area contributed by atoms with E-state index in [1.807, 2.05) is 0 Å². The average Bonchev–Trinajstić information content (AvgIpc) is 1.88. The Kier molecular flexibility index (Phi) is 21.5. The summed E-state index contributed by atoms with van der Waals surface area (Å²) in [5, 5.41) is 0. The Morgan fingerprint density at radius 2 is 2.00 bits per heavy atom. The van der Waals surface area contributed by atoms with Crippen LogP contribution >= 0.6 is 11.6 Å². The lowest BCUT2D eigenvalue weighted by atomic mass is 11.4. The molecule has 5 heteroatoms. The Balaban J connectivity index is 0. The quantitative estimate of drug-likeness (QED) is 0.344. The van der Waals surface area contributed by atoms with Crippen LogP contribution in [0.15, 0.2) is 0 Å². The van der Waals surface area contributed by atoms with Gasteiger partial charge in [-0.3, -0.25) is 0 Å². The maximum absolute atomic E-state index is 8.00. The second-order valence-electron chi connectivity index (χ2n) is 0.720. The van der Waals surface area contributed by atoms with E-state index in [9.17, 15) is 0 Å². The maximum atomic E-state index is 8.00. The highest BCUT2D eigenvalue weighted by atomic mass is 35.5. The van der Waals surface area contributed by atoms with E-state index in [1.54, 1.807) is 7.11 Å². The van der Waals surface area contributed by atoms with Crippen LogP contribution in [0.4, 0.5) is 9.15 Å². The van der Waals surface area contributed by atoms with Gasteiger partial charge in [-0.1, -0.05) is 11.6 Å². The van der Waals surface area contributed by atoms with E-state index in [1.165, 1.54) is 0 Å². The molecule has 0 rings (SSSR count). The van der Waals surface area contributed by atoms with Crippen molar-refractivity contribution in [2.24, 2.45) is 0 Å². The van der Waals surface area contributed by atoms with Crippen molar-refractivity contribution in [3.05, 3.63) is 0 Å². The molecule has 0 aromatic carbocycles. The SMILES string of the molecule is COCOCCl.FF. The van der Waals surface area contributed by atoms with Gasteiger partial charge in [-0.05, 0) is 0 Å². The van der Waals surface area contributed by atoms with E-state index in [-0.39, 0.29) is 12.9 Å². The first-order chi connectivity index (χ1) is 3.91. The van der Waals surface area contributed by atoms with E-state index < -0.39 is 0 Å². The molecule has 0 aliphatic heterocycles. The summed E-state index contributed by atoms with van der Waals surface area (Å²) in [7, 11) is 1.55. The number of ether oxygens (including phenoxy) is 2. The normalized spacial score (nSPS) is 7.50. The van der Waals surface area contributed by atoms with Crippen molar-refractivity contribution in [3.8, 4) is 0 Å². The highest BCUT2D eigenvalue weighted by Gasteiger charge is 1.72. The third-order valence-electron chi connectivity index (χ3n) is 0.278. The predicted octanol–water partition coefficient (Wildman–Crippen LogP) is 1.64. The molecule has 0 radical (unpaired) electrons. The monoisotopic (exact) mass is 148 g/mol. The Morgan fingerprint density at radius 3 is 2.12 bits per heavy atom. The second-order valence-corrected chi connectivity index (χ2v) is 0.938. The molecule has 0 amide bonds. The summed E-state index contributed by atoms with van der Waals surface area (Å²) in [6.07, 6.45) is 0. The molecule has 0 aliphatic rings. The van der Waals surface area contributed by atoms with Crippen LogP contribution in [-0.2, 0) is 9.47 Å². The lowest BCUT2D eigenvalue weighted by Crippen LogP contribution is -1.91. The molecule has 0 N–H and O–H groups in total. The number of alkyl halides is 1. The summed E-state index contributed by atoms with van der Waals surface area (Å²) >= 11 is 5.08. The molecule has 0 unspecified atom stereocenters. The van der Waals surface area contributed by atoms with Crippen LogP contribution in [-0.4, -0.2) is 20.0 Å². The zero-order chi connectivity index (χ0) is 6.83. The highest BCUT2D eigenvalue weighted by Crippen LogP contribution is 1.76. The van der Waals surface area contributed by atoms with E-state index in [4.69, 9.17) is 20.7 Å². The lowest BCUT2D eigenvalue weighted by molar-refractivity contribution is -0.0113. The topological polar surface area (TPSA) is 18.5 Å². The van der Waals surface area contributed by atoms with Crippen molar-refractivity contribution in [2.75, 3.05) is 20.0 Å². The molecule has 0 heterocycles. The van der Waals surface area contributed by atoms with Crippen molar-refractivity contribution in [1.82, 2.24) is 0 Å². The molecule has 0 aliphatic carbocycles. The summed E-state index contributed by atoms with van der Waals surface area (Å²) in [5.74, 6) is 0. The fraction of sp³-hybridized carbons (Fsp3) is 1.00. The molecular formula is C3H7ClF2O2. The summed E-state index contributed by atoms with van der Waals surface area (Å²) in [6.45, 7) is 0.281. The van der Waals surface area contributed by atoms with Crippen LogP contribution in [0.25, 0.3) is 0 Å². The van der Waals surface area contributed by atoms with Gasteiger partial charge in [0.15, 0.2) is 0 Å². The van der Waals surface area contributed by atoms with Crippen molar-refractivity contribution >= 4 is 11.6 Å². The first-order valence-electron chi connectivity index (χ1n) is 1.68. The third kappa shape index (κ3) is 16.6. The van der Waals surface area contributed by atoms with Gasteiger partial charge in [0.2, 0.25) is 0 Å². The zero-order valence-electron chi connectivity index (χ0n) is 4.36. The van der Waals surface area contributed by atoms with Crippen LogP contribution in [0, 0.1) is 0 Å². The first kappa shape index (κ1) is 10.9. The van der Waals surface area contributed by atoms with Crippen molar-refractivity contribution in [3.63, 3.8) is 0 Å². The molecule has 0 aromatic heterocycles. The third-order valence-corrected chi connectivity index (χ3v) is 0.433. The molecule has 0 atom stereocenters. The summed E-state index contributed by atoms with van der Waals surface area (Å²) in [5.41, 5.74) is 0. The molecule has 8 heavy (non-hydrogen) atoms. The van der Waals surface area contributed by atoms with Crippen LogP contribution in [0.5, 0.6) is 0 Å². The minimum atomic E-state index is 0.202. The Labute approximate surface area is 51.2 Å². The molecular weight excluding hydrogens is 141 g/mol. The molecule has 0 aromatic rings. The first-order valence-corrected chi connectivity index (χ1v) is 2.22. The summed E-state index contributed by atoms with van der Waals surface area (Å²) < 4.78 is 25.0. The van der Waals surface area contributed by atoms with Gasteiger partial charge in [0.1, 0.15) is 12.9 Å². The molecule has 0 bridgehead atoms. The zero-order valence-corrected chi connectivity index (χ0v) is 5.12. The standard InChI is InChI=1S/C3H7ClO2.F2/c1-5-3-6-2-4;1-2/h2-3H2,1H3;. The van der Waals surface area contributed by atoms with Gasteiger partial charge >= 0.3 is 0 Å². The van der Waals surface area contributed by atoms with Gasteiger partial charge in [0, 0.05) is 16.3 Å². The number of rotatable bonds is 3. The Morgan fingerprint density at radius 1 is 1.50 bits per heavy atom. The van der Waals surface area contributed by atoms with Crippen LogP contribution in [0.1, 0.15) is 0 Å². The largest absolute Gasteiger partial charge is 0.359 e. The average molecular weight is 149 g/mol. The summed E-state index contributed by atoms with van der Waals surface area (Å²) in [6, 6.07) is 0.202. The lowest BCUT2D eigenvalue weighted by Gasteiger charge is -1.91. The summed E-state index contributed by atoms with van der Waals surface area (Å²) in [4.78, 5) is 0. The highest BCUT2D eigenvalue weighted by molar-refractivity contribution is 6.17. The van der Waals surface area contributed by atoms with Crippen molar-refractivity contribution in [1.29, 1.82) is 0 Å². The second kappa shape index (κ2) is 15.7. The van der Waals surface area contributed by atoms with Gasteiger partial charge in [0.05, 0.1) is 0 Å². The van der Waals surface area contributed by atoms with Gasteiger partial charge in [-0.25, -0.2) is 0 Å². The number of halogens is 3. The molecule has 0 spiro atoms. The smallest absolute Gasteiger partial charge is 0.147 e. The Bertz CT molecular complexity index is 27.2. The number of hydrogen-bond donors (Lipinski definition) is 0. The van der Waals surface area contributed by atoms with Gasteiger partial charge in [0.25, 0.3) is 0 Å². The minimum Gasteiger partial charge on any atom is -0.359 e. The predicted molar refractivity (Wildman–Crippen MR) is 25.9 cm³/mol. The molecule has 0 fully saturated rings. The van der Waals surface area contributed by atoms with Crippen LogP contribution in [0.3, 0.4) is 0 Å². The fourth-order valence-electron chi connectivity index (χ4n) is 0.115. The van der Waals surface area contributed by atoms with Crippen molar-refractivity contribution < 1.29 is 18.6 Å². The van der Waals surface area contributed by atoms with E-state index >= 15 is 0 Å². The molecule has 2 nitrogen and oxygen atoms in total. The van der Waals surface area contributed by atoms with E-state index in [0.29, 0.717) is 0 Å². The maximum Gasteiger partial charge on any atom is 0.147 e.